The zero-order valence-electron chi connectivity index (χ0n) is 11.0. The van der Waals surface area contributed by atoms with Gasteiger partial charge in [-0.15, -0.1) is 0 Å². The lowest BCUT2D eigenvalue weighted by Gasteiger charge is -2.05. The fourth-order valence-corrected chi connectivity index (χ4v) is 1.95. The molecule has 3 aromatic rings. The van der Waals surface area contributed by atoms with Gasteiger partial charge in [-0.2, -0.15) is 0 Å². The second-order valence-electron chi connectivity index (χ2n) is 4.51. The van der Waals surface area contributed by atoms with Crippen molar-refractivity contribution >= 4 is 17.0 Å². The first-order valence-corrected chi connectivity index (χ1v) is 6.28. The van der Waals surface area contributed by atoms with Crippen LogP contribution in [0.2, 0.25) is 0 Å². The molecule has 1 aromatic carbocycles. The lowest BCUT2D eigenvalue weighted by Crippen LogP contribution is -2.22. The van der Waals surface area contributed by atoms with Gasteiger partial charge in [0.1, 0.15) is 0 Å². The molecular formula is C15H13N3O2. The van der Waals surface area contributed by atoms with Crippen molar-refractivity contribution in [1.82, 2.24) is 15.5 Å². The largest absolute Gasteiger partial charge is 0.348 e. The monoisotopic (exact) mass is 267 g/mol. The highest BCUT2D eigenvalue weighted by atomic mass is 16.5. The summed E-state index contributed by atoms with van der Waals surface area (Å²) in [6.07, 6.45) is 1.49. The molecule has 20 heavy (non-hydrogen) atoms. The SMILES string of the molecule is Cc1noc2ncc(C(=O)NCc3ccccc3)cc12. The van der Waals surface area contributed by atoms with Crippen LogP contribution in [0.1, 0.15) is 21.6 Å². The Hall–Kier alpha value is -2.69. The van der Waals surface area contributed by atoms with Crippen LogP contribution in [0.3, 0.4) is 0 Å². The maximum Gasteiger partial charge on any atom is 0.257 e. The second kappa shape index (κ2) is 5.13. The van der Waals surface area contributed by atoms with Crippen LogP contribution in [0, 0.1) is 6.92 Å². The molecule has 100 valence electrons. The summed E-state index contributed by atoms with van der Waals surface area (Å²) in [5, 5.41) is 7.44. The number of hydrogen-bond acceptors (Lipinski definition) is 4. The van der Waals surface area contributed by atoms with Crippen LogP contribution in [-0.4, -0.2) is 16.0 Å². The minimum absolute atomic E-state index is 0.163. The molecule has 0 spiro atoms. The van der Waals surface area contributed by atoms with Crippen molar-refractivity contribution in [2.75, 3.05) is 0 Å². The van der Waals surface area contributed by atoms with Crippen LogP contribution >= 0.6 is 0 Å². The van der Waals surface area contributed by atoms with Crippen LogP contribution in [0.5, 0.6) is 0 Å². The van der Waals surface area contributed by atoms with Crippen molar-refractivity contribution in [2.45, 2.75) is 13.5 Å². The van der Waals surface area contributed by atoms with Gasteiger partial charge in [-0.3, -0.25) is 4.79 Å². The normalized spacial score (nSPS) is 10.7. The Morgan fingerprint density at radius 2 is 2.10 bits per heavy atom. The molecule has 3 rings (SSSR count). The van der Waals surface area contributed by atoms with Crippen LogP contribution in [-0.2, 0) is 6.54 Å². The van der Waals surface area contributed by atoms with Crippen molar-refractivity contribution in [3.8, 4) is 0 Å². The van der Waals surface area contributed by atoms with Gasteiger partial charge in [0.25, 0.3) is 11.6 Å². The molecule has 0 aliphatic heterocycles. The molecule has 0 aliphatic carbocycles. The van der Waals surface area contributed by atoms with Crippen molar-refractivity contribution in [2.24, 2.45) is 0 Å². The predicted octanol–water partition coefficient (Wildman–Crippen LogP) is 2.46. The standard InChI is InChI=1S/C15H13N3O2/c1-10-13-7-12(9-17-15(13)20-18-10)14(19)16-8-11-5-3-2-4-6-11/h2-7,9H,8H2,1H3,(H,16,19). The molecule has 0 aliphatic rings. The molecule has 0 atom stereocenters. The molecule has 0 unspecified atom stereocenters. The van der Waals surface area contributed by atoms with Gasteiger partial charge in [0.15, 0.2) is 0 Å². The van der Waals surface area contributed by atoms with Crippen molar-refractivity contribution in [3.63, 3.8) is 0 Å². The molecule has 5 nitrogen and oxygen atoms in total. The zero-order chi connectivity index (χ0) is 13.9. The van der Waals surface area contributed by atoms with Gasteiger partial charge in [0.2, 0.25) is 0 Å². The Labute approximate surface area is 115 Å². The quantitative estimate of drug-likeness (QED) is 0.791. The number of aromatic nitrogens is 2. The lowest BCUT2D eigenvalue weighted by molar-refractivity contribution is 0.0950. The third kappa shape index (κ3) is 2.38. The predicted molar refractivity (Wildman–Crippen MR) is 74.2 cm³/mol. The topological polar surface area (TPSA) is 68.0 Å². The zero-order valence-corrected chi connectivity index (χ0v) is 11.0. The average Bonchev–Trinajstić information content (AvgIpc) is 2.87. The number of carbonyl (C=O) groups excluding carboxylic acids is 1. The van der Waals surface area contributed by atoms with Gasteiger partial charge >= 0.3 is 0 Å². The summed E-state index contributed by atoms with van der Waals surface area (Å²) in [6, 6.07) is 11.5. The van der Waals surface area contributed by atoms with Crippen LogP contribution < -0.4 is 5.32 Å². The Morgan fingerprint density at radius 3 is 2.90 bits per heavy atom. The van der Waals surface area contributed by atoms with E-state index >= 15 is 0 Å². The number of nitrogens with zero attached hydrogens (tertiary/aromatic N) is 2. The van der Waals surface area contributed by atoms with E-state index in [1.54, 1.807) is 6.07 Å². The second-order valence-corrected chi connectivity index (χ2v) is 4.51. The number of carbonyl (C=O) groups is 1. The molecule has 5 heteroatoms. The molecule has 0 saturated carbocycles. The summed E-state index contributed by atoms with van der Waals surface area (Å²) in [4.78, 5) is 16.2. The first-order chi connectivity index (χ1) is 9.74. The Kier molecular flexibility index (Phi) is 3.16. The van der Waals surface area contributed by atoms with Crippen LogP contribution in [0.25, 0.3) is 11.1 Å². The average molecular weight is 267 g/mol. The number of amides is 1. The fraction of sp³-hybridized carbons (Fsp3) is 0.133. The first-order valence-electron chi connectivity index (χ1n) is 6.28. The van der Waals surface area contributed by atoms with Crippen LogP contribution in [0.4, 0.5) is 0 Å². The highest BCUT2D eigenvalue weighted by molar-refractivity contribution is 5.96. The molecule has 0 radical (unpaired) electrons. The van der Waals surface area contributed by atoms with E-state index in [4.69, 9.17) is 4.52 Å². The van der Waals surface area contributed by atoms with Gasteiger partial charge in [-0.25, -0.2) is 4.98 Å². The van der Waals surface area contributed by atoms with Crippen molar-refractivity contribution < 1.29 is 9.32 Å². The molecule has 0 bridgehead atoms. The van der Waals surface area contributed by atoms with E-state index in [-0.39, 0.29) is 5.91 Å². The first kappa shape index (κ1) is 12.3. The van der Waals surface area contributed by atoms with Gasteiger partial charge in [-0.1, -0.05) is 35.5 Å². The number of aryl methyl sites for hydroxylation is 1. The molecule has 2 aromatic heterocycles. The maximum atomic E-state index is 12.1. The Morgan fingerprint density at radius 1 is 1.30 bits per heavy atom. The lowest BCUT2D eigenvalue weighted by atomic mass is 10.2. The molecule has 1 amide bonds. The third-order valence-corrected chi connectivity index (χ3v) is 3.07. The van der Waals surface area contributed by atoms with E-state index in [0.717, 1.165) is 16.6 Å². The summed E-state index contributed by atoms with van der Waals surface area (Å²) in [5.41, 5.74) is 2.73. The number of pyridine rings is 1. The van der Waals surface area contributed by atoms with Gasteiger partial charge in [0.05, 0.1) is 16.6 Å². The van der Waals surface area contributed by atoms with E-state index in [1.165, 1.54) is 6.20 Å². The number of nitrogens with one attached hydrogen (secondary N) is 1. The molecular weight excluding hydrogens is 254 g/mol. The maximum absolute atomic E-state index is 12.1. The highest BCUT2D eigenvalue weighted by Gasteiger charge is 2.11. The van der Waals surface area contributed by atoms with Crippen LogP contribution in [0.15, 0.2) is 47.1 Å². The van der Waals surface area contributed by atoms with E-state index in [2.05, 4.69) is 15.5 Å². The van der Waals surface area contributed by atoms with Gasteiger partial charge in [-0.05, 0) is 18.6 Å². The van der Waals surface area contributed by atoms with Gasteiger partial charge < -0.3 is 9.84 Å². The molecule has 1 N–H and O–H groups in total. The minimum atomic E-state index is -0.163. The minimum Gasteiger partial charge on any atom is -0.348 e. The summed E-state index contributed by atoms with van der Waals surface area (Å²) in [6.45, 7) is 2.31. The summed E-state index contributed by atoms with van der Waals surface area (Å²) < 4.78 is 5.02. The summed E-state index contributed by atoms with van der Waals surface area (Å²) in [7, 11) is 0. The van der Waals surface area contributed by atoms with E-state index in [0.29, 0.717) is 17.8 Å². The number of hydrogen-bond donors (Lipinski definition) is 1. The number of fused-ring (bicyclic) bond motifs is 1. The third-order valence-electron chi connectivity index (χ3n) is 3.07. The molecule has 0 fully saturated rings. The van der Waals surface area contributed by atoms with Crippen molar-refractivity contribution in [1.29, 1.82) is 0 Å². The fourth-order valence-electron chi connectivity index (χ4n) is 1.95. The van der Waals surface area contributed by atoms with E-state index < -0.39 is 0 Å². The smallest absolute Gasteiger partial charge is 0.257 e. The number of rotatable bonds is 3. The highest BCUT2D eigenvalue weighted by Crippen LogP contribution is 2.16. The summed E-state index contributed by atoms with van der Waals surface area (Å²) in [5.74, 6) is -0.163. The Balaban J connectivity index is 1.77. The van der Waals surface area contributed by atoms with E-state index in [9.17, 15) is 4.79 Å². The van der Waals surface area contributed by atoms with Gasteiger partial charge in [0, 0.05) is 12.7 Å². The molecule has 0 saturated heterocycles. The number of benzene rings is 1. The van der Waals surface area contributed by atoms with E-state index in [1.807, 2.05) is 37.3 Å². The van der Waals surface area contributed by atoms with Crippen molar-refractivity contribution in [3.05, 3.63) is 59.4 Å². The Bertz CT molecular complexity index is 750. The molecule has 2 heterocycles. The summed E-state index contributed by atoms with van der Waals surface area (Å²) >= 11 is 0.